The highest BCUT2D eigenvalue weighted by atomic mass is 79.9. The Morgan fingerprint density at radius 3 is 2.60 bits per heavy atom. The van der Waals surface area contributed by atoms with Gasteiger partial charge in [-0.05, 0) is 6.08 Å². The van der Waals surface area contributed by atoms with Crippen LogP contribution in [-0.2, 0) is 0 Å². The largest absolute Gasteiger partial charge is 0.308 e. The summed E-state index contributed by atoms with van der Waals surface area (Å²) in [5.74, 6) is 0.824. The van der Waals surface area contributed by atoms with Crippen LogP contribution in [0.3, 0.4) is 0 Å². The molecule has 0 aliphatic rings. The summed E-state index contributed by atoms with van der Waals surface area (Å²) in [6.07, 6.45) is 6.90. The second kappa shape index (κ2) is 4.06. The zero-order chi connectivity index (χ0) is 6.69. The first-order valence-electron chi connectivity index (χ1n) is 2.66. The molecule has 1 rings (SSSR count). The average molecular weight is 201 g/mol. The summed E-state index contributed by atoms with van der Waals surface area (Å²) in [6.45, 7) is 7.17. The third-order valence-electron chi connectivity index (χ3n) is 1.08. The second-order valence-corrected chi connectivity index (χ2v) is 1.58. The quantitative estimate of drug-likeness (QED) is 0.717. The van der Waals surface area contributed by atoms with Gasteiger partial charge in [0.1, 0.15) is 5.82 Å². The van der Waals surface area contributed by atoms with Crippen molar-refractivity contribution in [3.05, 3.63) is 31.4 Å². The van der Waals surface area contributed by atoms with Crippen molar-refractivity contribution in [2.24, 2.45) is 0 Å². The molecule has 0 fully saturated rings. The SMILES string of the molecule is Br.C=Cc1nccn1C=C. The molecule has 0 aliphatic heterocycles. The Bertz CT molecular complexity index is 205. The van der Waals surface area contributed by atoms with E-state index in [-0.39, 0.29) is 17.0 Å². The lowest BCUT2D eigenvalue weighted by atomic mass is 10.6. The molecule has 0 aliphatic carbocycles. The summed E-state index contributed by atoms with van der Waals surface area (Å²) >= 11 is 0. The van der Waals surface area contributed by atoms with Crippen LogP contribution in [0.25, 0.3) is 12.3 Å². The summed E-state index contributed by atoms with van der Waals surface area (Å²) in [4.78, 5) is 3.98. The Labute approximate surface area is 70.7 Å². The van der Waals surface area contributed by atoms with Crippen LogP contribution in [0, 0.1) is 0 Å². The molecule has 1 aromatic heterocycles. The molecule has 0 saturated heterocycles. The van der Waals surface area contributed by atoms with Gasteiger partial charge in [-0.3, -0.25) is 0 Å². The van der Waals surface area contributed by atoms with Crippen LogP contribution in [0.5, 0.6) is 0 Å². The lowest BCUT2D eigenvalue weighted by Gasteiger charge is -1.91. The molecular formula is C7H9BrN2. The van der Waals surface area contributed by atoms with E-state index >= 15 is 0 Å². The van der Waals surface area contributed by atoms with E-state index in [1.165, 1.54) is 0 Å². The van der Waals surface area contributed by atoms with Crippen molar-refractivity contribution in [1.82, 2.24) is 9.55 Å². The first kappa shape index (κ1) is 9.17. The van der Waals surface area contributed by atoms with Gasteiger partial charge < -0.3 is 4.57 Å². The number of hydrogen-bond donors (Lipinski definition) is 0. The number of hydrogen-bond acceptors (Lipinski definition) is 1. The highest BCUT2D eigenvalue weighted by Gasteiger charge is 1.89. The fourth-order valence-corrected chi connectivity index (χ4v) is 0.637. The number of nitrogens with zero attached hydrogens (tertiary/aromatic N) is 2. The maximum absolute atomic E-state index is 3.98. The smallest absolute Gasteiger partial charge is 0.136 e. The van der Waals surface area contributed by atoms with Gasteiger partial charge in [0.05, 0.1) is 0 Å². The Hall–Kier alpha value is -0.830. The molecule has 2 nitrogen and oxygen atoms in total. The Morgan fingerprint density at radius 1 is 1.50 bits per heavy atom. The summed E-state index contributed by atoms with van der Waals surface area (Å²) in [5.41, 5.74) is 0. The minimum atomic E-state index is 0. The molecule has 1 heterocycles. The van der Waals surface area contributed by atoms with Gasteiger partial charge in [-0.15, -0.1) is 17.0 Å². The van der Waals surface area contributed by atoms with Gasteiger partial charge in [0, 0.05) is 18.6 Å². The van der Waals surface area contributed by atoms with Gasteiger partial charge in [0.25, 0.3) is 0 Å². The van der Waals surface area contributed by atoms with Crippen LogP contribution in [0.15, 0.2) is 25.6 Å². The predicted molar refractivity (Wildman–Crippen MR) is 49.0 cm³/mol. The van der Waals surface area contributed by atoms with Gasteiger partial charge in [-0.1, -0.05) is 13.2 Å². The molecule has 0 aromatic carbocycles. The van der Waals surface area contributed by atoms with Crippen LogP contribution in [0.1, 0.15) is 5.82 Å². The molecule has 3 heteroatoms. The minimum absolute atomic E-state index is 0. The molecule has 0 bridgehead atoms. The Morgan fingerprint density at radius 2 is 2.20 bits per heavy atom. The fourth-order valence-electron chi connectivity index (χ4n) is 0.637. The fraction of sp³-hybridized carbons (Fsp3) is 0. The highest BCUT2D eigenvalue weighted by Crippen LogP contribution is 1.97. The zero-order valence-corrected chi connectivity index (χ0v) is 7.24. The van der Waals surface area contributed by atoms with Crippen molar-refractivity contribution in [3.63, 3.8) is 0 Å². The van der Waals surface area contributed by atoms with E-state index in [1.54, 1.807) is 23.0 Å². The van der Waals surface area contributed by atoms with Crippen LogP contribution >= 0.6 is 17.0 Å². The van der Waals surface area contributed by atoms with Crippen molar-refractivity contribution in [2.75, 3.05) is 0 Å². The van der Waals surface area contributed by atoms with Crippen LogP contribution in [-0.4, -0.2) is 9.55 Å². The van der Waals surface area contributed by atoms with Crippen LogP contribution in [0.2, 0.25) is 0 Å². The third kappa shape index (κ3) is 1.57. The van der Waals surface area contributed by atoms with Crippen LogP contribution < -0.4 is 0 Å². The van der Waals surface area contributed by atoms with Crippen molar-refractivity contribution >= 4 is 29.3 Å². The summed E-state index contributed by atoms with van der Waals surface area (Å²) < 4.78 is 1.80. The average Bonchev–Trinajstić information content (AvgIpc) is 2.33. The molecule has 0 atom stereocenters. The van der Waals surface area contributed by atoms with Crippen molar-refractivity contribution in [3.8, 4) is 0 Å². The first-order chi connectivity index (χ1) is 4.38. The molecule has 54 valence electrons. The van der Waals surface area contributed by atoms with E-state index in [4.69, 9.17) is 0 Å². The maximum atomic E-state index is 3.98. The molecule has 0 saturated carbocycles. The van der Waals surface area contributed by atoms with Gasteiger partial charge in [-0.25, -0.2) is 4.98 Å². The molecule has 0 amide bonds. The monoisotopic (exact) mass is 200 g/mol. The van der Waals surface area contributed by atoms with Gasteiger partial charge in [0.15, 0.2) is 0 Å². The lowest BCUT2D eigenvalue weighted by Crippen LogP contribution is -1.85. The Kier molecular flexibility index (Phi) is 3.72. The normalized spacial score (nSPS) is 8.00. The van der Waals surface area contributed by atoms with E-state index in [9.17, 15) is 0 Å². The number of imidazole rings is 1. The maximum Gasteiger partial charge on any atom is 0.136 e. The molecule has 0 radical (unpaired) electrons. The minimum Gasteiger partial charge on any atom is -0.308 e. The molecule has 0 N–H and O–H groups in total. The molecule has 1 aromatic rings. The third-order valence-corrected chi connectivity index (χ3v) is 1.08. The van der Waals surface area contributed by atoms with Gasteiger partial charge in [0.2, 0.25) is 0 Å². The summed E-state index contributed by atoms with van der Waals surface area (Å²) in [5, 5.41) is 0. The highest BCUT2D eigenvalue weighted by molar-refractivity contribution is 8.93. The van der Waals surface area contributed by atoms with E-state index in [1.807, 2.05) is 6.20 Å². The molecule has 0 unspecified atom stereocenters. The standard InChI is InChI=1S/C7H8N2.BrH/c1-3-7-8-5-6-9(7)4-2;/h3-6H,1-2H2;1H. The summed E-state index contributed by atoms with van der Waals surface area (Å²) in [7, 11) is 0. The van der Waals surface area contributed by atoms with E-state index < -0.39 is 0 Å². The zero-order valence-electron chi connectivity index (χ0n) is 5.53. The molecular weight excluding hydrogens is 192 g/mol. The van der Waals surface area contributed by atoms with Crippen LogP contribution in [0.4, 0.5) is 0 Å². The molecule has 0 spiro atoms. The van der Waals surface area contributed by atoms with E-state index in [0.29, 0.717) is 0 Å². The summed E-state index contributed by atoms with van der Waals surface area (Å²) in [6, 6.07) is 0. The van der Waals surface area contributed by atoms with E-state index in [0.717, 1.165) is 5.82 Å². The lowest BCUT2D eigenvalue weighted by molar-refractivity contribution is 1.11. The predicted octanol–water partition coefficient (Wildman–Crippen LogP) is 2.20. The van der Waals surface area contributed by atoms with Gasteiger partial charge >= 0.3 is 0 Å². The number of rotatable bonds is 2. The van der Waals surface area contributed by atoms with Gasteiger partial charge in [-0.2, -0.15) is 0 Å². The Balaban J connectivity index is 0.000000810. The van der Waals surface area contributed by atoms with Crippen molar-refractivity contribution < 1.29 is 0 Å². The molecule has 10 heavy (non-hydrogen) atoms. The number of aromatic nitrogens is 2. The van der Waals surface area contributed by atoms with Crippen molar-refractivity contribution in [2.45, 2.75) is 0 Å². The topological polar surface area (TPSA) is 17.8 Å². The second-order valence-electron chi connectivity index (χ2n) is 1.58. The first-order valence-corrected chi connectivity index (χ1v) is 2.66. The van der Waals surface area contributed by atoms with Crippen molar-refractivity contribution in [1.29, 1.82) is 0 Å². The van der Waals surface area contributed by atoms with E-state index in [2.05, 4.69) is 18.1 Å². The number of halogens is 1.